The highest BCUT2D eigenvalue weighted by Crippen LogP contribution is 2.28. The highest BCUT2D eigenvalue weighted by Gasteiger charge is 2.29. The Labute approximate surface area is 140 Å². The topological polar surface area (TPSA) is 50.7 Å². The zero-order valence-electron chi connectivity index (χ0n) is 12.5. The monoisotopic (exact) mass is 328 g/mol. The Morgan fingerprint density at radius 2 is 1.87 bits per heavy atom. The van der Waals surface area contributed by atoms with Crippen LogP contribution in [0.25, 0.3) is 0 Å². The molecule has 0 atom stereocenters. The zero-order valence-corrected chi connectivity index (χ0v) is 13.3. The Morgan fingerprint density at radius 1 is 1.17 bits per heavy atom. The van der Waals surface area contributed by atoms with Gasteiger partial charge in [-0.25, -0.2) is 5.43 Å². The summed E-state index contributed by atoms with van der Waals surface area (Å²) in [5.41, 5.74) is 4.51. The summed E-state index contributed by atoms with van der Waals surface area (Å²) < 4.78 is 5.71. The van der Waals surface area contributed by atoms with Crippen LogP contribution >= 0.6 is 11.6 Å². The van der Waals surface area contributed by atoms with E-state index >= 15 is 0 Å². The molecule has 0 aliphatic heterocycles. The first kappa shape index (κ1) is 15.6. The molecule has 1 aliphatic carbocycles. The number of carbonyl (C=O) groups excluding carboxylic acids is 1. The molecule has 0 saturated heterocycles. The summed E-state index contributed by atoms with van der Waals surface area (Å²) in [6.45, 7) is 0.488. The second-order valence-corrected chi connectivity index (χ2v) is 5.93. The van der Waals surface area contributed by atoms with Gasteiger partial charge in [0.1, 0.15) is 12.4 Å². The number of benzene rings is 2. The van der Waals surface area contributed by atoms with Crippen LogP contribution in [0.3, 0.4) is 0 Å². The van der Waals surface area contributed by atoms with Crippen LogP contribution in [0, 0.1) is 5.92 Å². The Kier molecular flexibility index (Phi) is 4.93. The van der Waals surface area contributed by atoms with Crippen molar-refractivity contribution in [1.82, 2.24) is 5.43 Å². The van der Waals surface area contributed by atoms with E-state index in [4.69, 9.17) is 16.3 Å². The van der Waals surface area contributed by atoms with Gasteiger partial charge in [-0.2, -0.15) is 5.10 Å². The van der Waals surface area contributed by atoms with E-state index < -0.39 is 0 Å². The van der Waals surface area contributed by atoms with Crippen molar-refractivity contribution >= 4 is 23.7 Å². The van der Waals surface area contributed by atoms with Crippen LogP contribution in [0.1, 0.15) is 24.0 Å². The number of nitrogens with one attached hydrogen (secondary N) is 1. The lowest BCUT2D eigenvalue weighted by Crippen LogP contribution is -2.18. The molecule has 0 unspecified atom stereocenters. The predicted molar refractivity (Wildman–Crippen MR) is 90.7 cm³/mol. The maximum atomic E-state index is 11.4. The Balaban J connectivity index is 1.49. The minimum Gasteiger partial charge on any atom is -0.489 e. The van der Waals surface area contributed by atoms with Crippen molar-refractivity contribution in [2.75, 3.05) is 0 Å². The van der Waals surface area contributed by atoms with E-state index in [1.54, 1.807) is 6.21 Å². The molecule has 23 heavy (non-hydrogen) atoms. The average Bonchev–Trinajstić information content (AvgIpc) is 3.40. The number of amides is 1. The molecule has 4 nitrogen and oxygen atoms in total. The molecule has 1 saturated carbocycles. The van der Waals surface area contributed by atoms with Gasteiger partial charge in [-0.3, -0.25) is 4.79 Å². The van der Waals surface area contributed by atoms with Crippen LogP contribution in [-0.2, 0) is 11.4 Å². The van der Waals surface area contributed by atoms with Gasteiger partial charge in [0.15, 0.2) is 0 Å². The molecule has 2 aromatic rings. The van der Waals surface area contributed by atoms with E-state index in [9.17, 15) is 4.79 Å². The van der Waals surface area contributed by atoms with Crippen molar-refractivity contribution in [1.29, 1.82) is 0 Å². The van der Waals surface area contributed by atoms with Crippen LogP contribution in [0.2, 0.25) is 5.02 Å². The van der Waals surface area contributed by atoms with E-state index in [1.165, 1.54) is 0 Å². The van der Waals surface area contributed by atoms with E-state index in [0.717, 1.165) is 29.7 Å². The first-order valence-electron chi connectivity index (χ1n) is 7.51. The smallest absolute Gasteiger partial charge is 0.243 e. The van der Waals surface area contributed by atoms with Gasteiger partial charge in [0, 0.05) is 10.9 Å². The van der Waals surface area contributed by atoms with Crippen molar-refractivity contribution in [3.05, 3.63) is 64.7 Å². The zero-order chi connectivity index (χ0) is 16.1. The highest BCUT2D eigenvalue weighted by molar-refractivity contribution is 6.30. The number of halogens is 1. The molecule has 1 amide bonds. The SMILES string of the molecule is O=C(N/N=C\c1ccc(OCc2ccc(Cl)cc2)cc1)C1CC1. The number of hydrazone groups is 1. The molecule has 0 radical (unpaired) electrons. The third-order valence-corrected chi connectivity index (χ3v) is 3.79. The predicted octanol–water partition coefficient (Wildman–Crippen LogP) is 3.78. The van der Waals surface area contributed by atoms with Gasteiger partial charge in [0.05, 0.1) is 6.21 Å². The highest BCUT2D eigenvalue weighted by atomic mass is 35.5. The minimum absolute atomic E-state index is 0.00386. The van der Waals surface area contributed by atoms with Gasteiger partial charge in [0.25, 0.3) is 0 Å². The fourth-order valence-electron chi connectivity index (χ4n) is 2.00. The van der Waals surface area contributed by atoms with Gasteiger partial charge in [-0.1, -0.05) is 23.7 Å². The van der Waals surface area contributed by atoms with Crippen molar-refractivity contribution in [3.63, 3.8) is 0 Å². The van der Waals surface area contributed by atoms with Crippen molar-refractivity contribution in [2.24, 2.45) is 11.0 Å². The maximum Gasteiger partial charge on any atom is 0.243 e. The second-order valence-electron chi connectivity index (χ2n) is 5.49. The normalized spacial score (nSPS) is 14.0. The second kappa shape index (κ2) is 7.29. The van der Waals surface area contributed by atoms with Gasteiger partial charge in [-0.05, 0) is 60.4 Å². The molecule has 0 heterocycles. The van der Waals surface area contributed by atoms with Crippen molar-refractivity contribution in [3.8, 4) is 5.75 Å². The molecule has 0 spiro atoms. The van der Waals surface area contributed by atoms with E-state index in [-0.39, 0.29) is 11.8 Å². The lowest BCUT2D eigenvalue weighted by molar-refractivity contribution is -0.122. The summed E-state index contributed by atoms with van der Waals surface area (Å²) in [5.74, 6) is 0.944. The molecule has 2 aromatic carbocycles. The van der Waals surface area contributed by atoms with Crippen LogP contribution in [0.5, 0.6) is 5.75 Å². The fraction of sp³-hybridized carbons (Fsp3) is 0.222. The maximum absolute atomic E-state index is 11.4. The quantitative estimate of drug-likeness (QED) is 0.648. The number of rotatable bonds is 6. The molecular weight excluding hydrogens is 312 g/mol. The Bertz CT molecular complexity index is 692. The first-order valence-corrected chi connectivity index (χ1v) is 7.89. The van der Waals surface area contributed by atoms with E-state index in [1.807, 2.05) is 48.5 Å². The van der Waals surface area contributed by atoms with Crippen LogP contribution in [-0.4, -0.2) is 12.1 Å². The summed E-state index contributed by atoms with van der Waals surface area (Å²) in [6, 6.07) is 15.1. The standard InChI is InChI=1S/C18H17ClN2O2/c19-16-7-1-14(2-8-16)12-23-17-9-3-13(4-10-17)11-20-21-18(22)15-5-6-15/h1-4,7-11,15H,5-6,12H2,(H,21,22)/b20-11-. The van der Waals surface area contributed by atoms with Gasteiger partial charge < -0.3 is 4.74 Å². The van der Waals surface area contributed by atoms with Gasteiger partial charge in [0.2, 0.25) is 5.91 Å². The number of hydrogen-bond acceptors (Lipinski definition) is 3. The minimum atomic E-state index is 0.00386. The lowest BCUT2D eigenvalue weighted by atomic mass is 10.2. The number of hydrogen-bond donors (Lipinski definition) is 1. The first-order chi connectivity index (χ1) is 11.2. The van der Waals surface area contributed by atoms with Crippen LogP contribution < -0.4 is 10.2 Å². The summed E-state index contributed by atoms with van der Waals surface area (Å²) in [5, 5.41) is 4.67. The molecule has 1 fully saturated rings. The largest absolute Gasteiger partial charge is 0.489 e. The van der Waals surface area contributed by atoms with Gasteiger partial charge >= 0.3 is 0 Å². The summed E-state index contributed by atoms with van der Waals surface area (Å²) in [4.78, 5) is 11.4. The van der Waals surface area contributed by atoms with Gasteiger partial charge in [-0.15, -0.1) is 0 Å². The molecule has 118 valence electrons. The third kappa shape index (κ3) is 4.83. The number of carbonyl (C=O) groups is 1. The summed E-state index contributed by atoms with van der Waals surface area (Å²) in [6.07, 6.45) is 3.57. The fourth-order valence-corrected chi connectivity index (χ4v) is 2.13. The molecule has 5 heteroatoms. The molecular formula is C18H17ClN2O2. The lowest BCUT2D eigenvalue weighted by Gasteiger charge is -2.06. The van der Waals surface area contributed by atoms with E-state index in [0.29, 0.717) is 11.6 Å². The Morgan fingerprint density at radius 3 is 2.52 bits per heavy atom. The van der Waals surface area contributed by atoms with Crippen LogP contribution in [0.4, 0.5) is 0 Å². The Hall–Kier alpha value is -2.33. The van der Waals surface area contributed by atoms with Crippen LogP contribution in [0.15, 0.2) is 53.6 Å². The van der Waals surface area contributed by atoms with Crippen molar-refractivity contribution < 1.29 is 9.53 Å². The summed E-state index contributed by atoms with van der Waals surface area (Å²) in [7, 11) is 0. The average molecular weight is 329 g/mol. The molecule has 3 rings (SSSR count). The molecule has 1 N–H and O–H groups in total. The third-order valence-electron chi connectivity index (χ3n) is 3.54. The number of nitrogens with zero attached hydrogens (tertiary/aromatic N) is 1. The molecule has 0 bridgehead atoms. The number of ether oxygens (including phenoxy) is 1. The van der Waals surface area contributed by atoms with Crippen molar-refractivity contribution in [2.45, 2.75) is 19.4 Å². The van der Waals surface area contributed by atoms with E-state index in [2.05, 4.69) is 10.5 Å². The molecule has 1 aliphatic rings. The summed E-state index contributed by atoms with van der Waals surface area (Å²) >= 11 is 5.85. The molecule has 0 aromatic heterocycles.